The Morgan fingerprint density at radius 1 is 1.06 bits per heavy atom. The van der Waals surface area contributed by atoms with E-state index in [0.717, 1.165) is 23.2 Å². The summed E-state index contributed by atoms with van der Waals surface area (Å²) in [6.07, 6.45) is 7.67. The molecule has 0 radical (unpaired) electrons. The highest BCUT2D eigenvalue weighted by atomic mass is 35.5. The molecule has 1 fully saturated rings. The summed E-state index contributed by atoms with van der Waals surface area (Å²) in [4.78, 5) is 26.1. The minimum Gasteiger partial charge on any atom is -0.497 e. The molecule has 0 bridgehead atoms. The largest absolute Gasteiger partial charge is 0.497 e. The first-order valence-electron chi connectivity index (χ1n) is 12.7. The first-order valence-corrected chi connectivity index (χ1v) is 13.1. The Balaban J connectivity index is 1.34. The zero-order chi connectivity index (χ0) is 25.3. The lowest BCUT2D eigenvalue weighted by atomic mass is 9.85. The maximum Gasteiger partial charge on any atom is 0.287 e. The molecule has 1 aromatic heterocycles. The van der Waals surface area contributed by atoms with E-state index in [1.54, 1.807) is 31.4 Å². The number of fused-ring (bicyclic) bond motifs is 1. The van der Waals surface area contributed by atoms with Gasteiger partial charge in [-0.05, 0) is 67.3 Å². The Hall–Kier alpha value is -3.19. The molecule has 0 saturated heterocycles. The third-order valence-electron chi connectivity index (χ3n) is 6.76. The van der Waals surface area contributed by atoms with Gasteiger partial charge in [-0.25, -0.2) is 0 Å². The fourth-order valence-electron chi connectivity index (χ4n) is 4.73. The lowest BCUT2D eigenvalue weighted by Crippen LogP contribution is -2.47. The highest BCUT2D eigenvalue weighted by molar-refractivity contribution is 6.31. The second-order valence-corrected chi connectivity index (χ2v) is 9.78. The summed E-state index contributed by atoms with van der Waals surface area (Å²) < 4.78 is 10.9. The Labute approximate surface area is 216 Å². The number of hydrogen-bond donors (Lipinski definition) is 3. The van der Waals surface area contributed by atoms with Crippen LogP contribution < -0.4 is 20.7 Å². The molecule has 2 aromatic carbocycles. The monoisotopic (exact) mass is 511 g/mol. The Kier molecular flexibility index (Phi) is 9.11. The molecule has 1 aliphatic carbocycles. The van der Waals surface area contributed by atoms with Gasteiger partial charge in [-0.1, -0.05) is 43.7 Å². The summed E-state index contributed by atoms with van der Waals surface area (Å²) in [7, 11) is 1.63. The Morgan fingerprint density at radius 2 is 1.83 bits per heavy atom. The highest BCUT2D eigenvalue weighted by Crippen LogP contribution is 2.28. The molecule has 0 aliphatic heterocycles. The average Bonchev–Trinajstić information content (AvgIpc) is 3.33. The minimum atomic E-state index is -0.628. The van der Waals surface area contributed by atoms with Crippen LogP contribution in [-0.2, 0) is 4.79 Å². The van der Waals surface area contributed by atoms with E-state index in [0.29, 0.717) is 36.0 Å². The molecule has 7 nitrogen and oxygen atoms in total. The van der Waals surface area contributed by atoms with Gasteiger partial charge in [0, 0.05) is 29.2 Å². The summed E-state index contributed by atoms with van der Waals surface area (Å²) in [5, 5.41) is 10.5. The Morgan fingerprint density at radius 3 is 2.58 bits per heavy atom. The molecule has 1 saturated carbocycles. The van der Waals surface area contributed by atoms with Crippen molar-refractivity contribution in [3.8, 4) is 5.75 Å². The number of amides is 2. The van der Waals surface area contributed by atoms with Crippen LogP contribution >= 0.6 is 11.6 Å². The van der Waals surface area contributed by atoms with E-state index >= 15 is 0 Å². The SMILES string of the molecule is COc1ccc(NCCNC(=O)[C@H](CCC2CCCCC2)NC(=O)c2cc3cc(Cl)ccc3o2)cc1. The van der Waals surface area contributed by atoms with Crippen molar-refractivity contribution < 1.29 is 18.7 Å². The number of carbonyl (C=O) groups is 2. The fraction of sp³-hybridized carbons (Fsp3) is 0.429. The van der Waals surface area contributed by atoms with Crippen molar-refractivity contribution in [2.24, 2.45) is 5.92 Å². The van der Waals surface area contributed by atoms with E-state index < -0.39 is 11.9 Å². The standard InChI is InChI=1S/C28H34ClN3O4/c1-35-23-11-9-22(10-12-23)30-15-16-31-27(33)24(13-7-19-5-3-2-4-6-19)32-28(34)26-18-20-17-21(29)8-14-25(20)36-26/h8-12,14,17-19,24,30H,2-7,13,15-16H2,1H3,(H,31,33)(H,32,34)/t24-/m0/s1. The number of rotatable bonds is 11. The lowest BCUT2D eigenvalue weighted by Gasteiger charge is -2.24. The summed E-state index contributed by atoms with van der Waals surface area (Å²) in [5.41, 5.74) is 1.52. The van der Waals surface area contributed by atoms with Crippen LogP contribution in [0.4, 0.5) is 5.69 Å². The van der Waals surface area contributed by atoms with Crippen LogP contribution in [0.15, 0.2) is 52.9 Å². The number of benzene rings is 2. The normalized spacial score (nSPS) is 14.8. The topological polar surface area (TPSA) is 92.6 Å². The Bertz CT molecular complexity index is 1160. The molecule has 36 heavy (non-hydrogen) atoms. The predicted octanol–water partition coefficient (Wildman–Crippen LogP) is 5.78. The first kappa shape index (κ1) is 25.9. The van der Waals surface area contributed by atoms with E-state index in [4.69, 9.17) is 20.8 Å². The van der Waals surface area contributed by atoms with Crippen LogP contribution in [-0.4, -0.2) is 38.1 Å². The number of halogens is 1. The van der Waals surface area contributed by atoms with E-state index in [2.05, 4.69) is 16.0 Å². The van der Waals surface area contributed by atoms with Gasteiger partial charge in [0.25, 0.3) is 5.91 Å². The second-order valence-electron chi connectivity index (χ2n) is 9.35. The molecular formula is C28H34ClN3O4. The minimum absolute atomic E-state index is 0.170. The number of furan rings is 1. The lowest BCUT2D eigenvalue weighted by molar-refractivity contribution is -0.123. The van der Waals surface area contributed by atoms with Gasteiger partial charge in [0.1, 0.15) is 17.4 Å². The van der Waals surface area contributed by atoms with Crippen LogP contribution in [0.2, 0.25) is 5.02 Å². The van der Waals surface area contributed by atoms with Crippen LogP contribution in [0.5, 0.6) is 5.75 Å². The number of ether oxygens (including phenoxy) is 1. The quantitative estimate of drug-likeness (QED) is 0.284. The summed E-state index contributed by atoms with van der Waals surface area (Å²) in [5.74, 6) is 0.982. The van der Waals surface area contributed by atoms with Crippen molar-refractivity contribution in [3.63, 3.8) is 0 Å². The molecule has 0 unspecified atom stereocenters. The molecule has 8 heteroatoms. The molecule has 4 rings (SSSR count). The van der Waals surface area contributed by atoms with Crippen molar-refractivity contribution in [2.45, 2.75) is 51.0 Å². The smallest absolute Gasteiger partial charge is 0.287 e. The van der Waals surface area contributed by atoms with Gasteiger partial charge in [0.2, 0.25) is 5.91 Å². The zero-order valence-corrected chi connectivity index (χ0v) is 21.4. The maximum atomic E-state index is 13.1. The van der Waals surface area contributed by atoms with E-state index in [9.17, 15) is 9.59 Å². The second kappa shape index (κ2) is 12.7. The summed E-state index contributed by atoms with van der Waals surface area (Å²) in [6, 6.07) is 13.8. The summed E-state index contributed by atoms with van der Waals surface area (Å²) >= 11 is 6.06. The van der Waals surface area contributed by atoms with E-state index in [1.165, 1.54) is 32.1 Å². The summed E-state index contributed by atoms with van der Waals surface area (Å²) in [6.45, 7) is 0.996. The van der Waals surface area contributed by atoms with E-state index in [1.807, 2.05) is 24.3 Å². The number of anilines is 1. The van der Waals surface area contributed by atoms with Gasteiger partial charge in [-0.15, -0.1) is 0 Å². The van der Waals surface area contributed by atoms with Crippen molar-refractivity contribution in [3.05, 3.63) is 59.3 Å². The number of hydrogen-bond acceptors (Lipinski definition) is 5. The molecule has 0 spiro atoms. The first-order chi connectivity index (χ1) is 17.5. The molecule has 1 heterocycles. The molecule has 3 N–H and O–H groups in total. The van der Waals surface area contributed by atoms with Crippen LogP contribution in [0, 0.1) is 5.92 Å². The van der Waals surface area contributed by atoms with Gasteiger partial charge >= 0.3 is 0 Å². The number of carbonyl (C=O) groups excluding carboxylic acids is 2. The van der Waals surface area contributed by atoms with Crippen molar-refractivity contribution in [1.82, 2.24) is 10.6 Å². The van der Waals surface area contributed by atoms with Crippen LogP contribution in [0.1, 0.15) is 55.5 Å². The fourth-order valence-corrected chi connectivity index (χ4v) is 4.91. The van der Waals surface area contributed by atoms with Gasteiger partial charge in [0.15, 0.2) is 5.76 Å². The molecular weight excluding hydrogens is 478 g/mol. The molecule has 3 aromatic rings. The van der Waals surface area contributed by atoms with Gasteiger partial charge in [-0.2, -0.15) is 0 Å². The van der Waals surface area contributed by atoms with Gasteiger partial charge < -0.3 is 25.1 Å². The third kappa shape index (κ3) is 7.17. The van der Waals surface area contributed by atoms with Crippen molar-refractivity contribution in [1.29, 1.82) is 0 Å². The molecule has 192 valence electrons. The highest BCUT2D eigenvalue weighted by Gasteiger charge is 2.25. The number of methoxy groups -OCH3 is 1. The third-order valence-corrected chi connectivity index (χ3v) is 6.99. The molecule has 2 amide bonds. The van der Waals surface area contributed by atoms with Crippen LogP contribution in [0.3, 0.4) is 0 Å². The van der Waals surface area contributed by atoms with Crippen LogP contribution in [0.25, 0.3) is 11.0 Å². The predicted molar refractivity (Wildman–Crippen MR) is 143 cm³/mol. The maximum absolute atomic E-state index is 13.1. The van der Waals surface area contributed by atoms with Crippen molar-refractivity contribution in [2.75, 3.05) is 25.5 Å². The zero-order valence-electron chi connectivity index (χ0n) is 20.6. The van der Waals surface area contributed by atoms with Gasteiger partial charge in [-0.3, -0.25) is 9.59 Å². The molecule has 1 aliphatic rings. The molecule has 1 atom stereocenters. The van der Waals surface area contributed by atoms with E-state index in [-0.39, 0.29) is 11.7 Å². The number of nitrogens with one attached hydrogen (secondary N) is 3. The van der Waals surface area contributed by atoms with Gasteiger partial charge in [0.05, 0.1) is 7.11 Å². The average molecular weight is 512 g/mol. The van der Waals surface area contributed by atoms with Crippen molar-refractivity contribution >= 4 is 40.1 Å².